The Morgan fingerprint density at radius 2 is 2.05 bits per heavy atom. The Kier molecular flexibility index (Phi) is 4.26. The van der Waals surface area contributed by atoms with E-state index in [9.17, 15) is 0 Å². The number of anilines is 1. The molecule has 1 atom stereocenters. The van der Waals surface area contributed by atoms with E-state index >= 15 is 0 Å². The van der Waals surface area contributed by atoms with Crippen molar-refractivity contribution in [3.05, 3.63) is 12.0 Å². The van der Waals surface area contributed by atoms with Gasteiger partial charge in [0, 0.05) is 39.8 Å². The van der Waals surface area contributed by atoms with Crippen LogP contribution in [0.15, 0.2) is 6.33 Å². The average Bonchev–Trinajstić information content (AvgIpc) is 2.83. The lowest BCUT2D eigenvalue weighted by molar-refractivity contribution is 0.0218. The van der Waals surface area contributed by atoms with Crippen molar-refractivity contribution in [3.8, 4) is 0 Å². The van der Waals surface area contributed by atoms with E-state index in [2.05, 4.69) is 38.8 Å². The quantitative estimate of drug-likeness (QED) is 0.834. The van der Waals surface area contributed by atoms with Crippen molar-refractivity contribution in [2.45, 2.75) is 19.9 Å². The zero-order valence-electron chi connectivity index (χ0n) is 13.8. The number of ether oxygens (including phenoxy) is 1. The maximum atomic E-state index is 5.43. The summed E-state index contributed by atoms with van der Waals surface area (Å²) in [6.07, 6.45) is 1.62. The molecular weight excluding hydrogens is 280 g/mol. The van der Waals surface area contributed by atoms with Crippen LogP contribution in [0.3, 0.4) is 0 Å². The molecule has 1 aliphatic rings. The first kappa shape index (κ1) is 15.2. The number of aromatic nitrogens is 4. The summed E-state index contributed by atoms with van der Waals surface area (Å²) in [5.74, 6) is 0.954. The summed E-state index contributed by atoms with van der Waals surface area (Å²) in [5, 5.41) is 5.51. The molecule has 1 fully saturated rings. The fraction of sp³-hybridized carbons (Fsp3) is 0.667. The largest absolute Gasteiger partial charge is 0.379 e. The third kappa shape index (κ3) is 2.78. The SMILES string of the molecule is Cc1nn(C)c2ncnc(N(C)CC(C)N3CCOCC3)c12. The van der Waals surface area contributed by atoms with Crippen LogP contribution in [0.25, 0.3) is 11.0 Å². The van der Waals surface area contributed by atoms with Gasteiger partial charge in [-0.15, -0.1) is 0 Å². The second-order valence-corrected chi connectivity index (χ2v) is 5.98. The highest BCUT2D eigenvalue weighted by atomic mass is 16.5. The maximum absolute atomic E-state index is 5.43. The van der Waals surface area contributed by atoms with Crippen molar-refractivity contribution in [1.29, 1.82) is 0 Å². The second kappa shape index (κ2) is 6.18. The molecule has 0 radical (unpaired) electrons. The summed E-state index contributed by atoms with van der Waals surface area (Å²) >= 11 is 0. The topological polar surface area (TPSA) is 59.3 Å². The van der Waals surface area contributed by atoms with E-state index in [1.165, 1.54) is 0 Å². The minimum absolute atomic E-state index is 0.455. The molecule has 0 aromatic carbocycles. The molecule has 2 aromatic heterocycles. The first-order valence-electron chi connectivity index (χ1n) is 7.75. The predicted molar refractivity (Wildman–Crippen MR) is 86.2 cm³/mol. The normalized spacial score (nSPS) is 17.8. The van der Waals surface area contributed by atoms with Crippen molar-refractivity contribution >= 4 is 16.9 Å². The van der Waals surface area contributed by atoms with Gasteiger partial charge in [-0.1, -0.05) is 0 Å². The lowest BCUT2D eigenvalue weighted by Gasteiger charge is -2.34. The monoisotopic (exact) mass is 304 g/mol. The third-order valence-corrected chi connectivity index (χ3v) is 4.34. The Morgan fingerprint density at radius 3 is 2.77 bits per heavy atom. The molecule has 1 unspecified atom stereocenters. The highest BCUT2D eigenvalue weighted by Gasteiger charge is 2.21. The van der Waals surface area contributed by atoms with E-state index in [-0.39, 0.29) is 0 Å². The summed E-state index contributed by atoms with van der Waals surface area (Å²) in [4.78, 5) is 13.5. The minimum atomic E-state index is 0.455. The lowest BCUT2D eigenvalue weighted by Crippen LogP contribution is -2.46. The van der Waals surface area contributed by atoms with Gasteiger partial charge in [0.2, 0.25) is 0 Å². The maximum Gasteiger partial charge on any atom is 0.163 e. The van der Waals surface area contributed by atoms with E-state index in [0.29, 0.717) is 6.04 Å². The predicted octanol–water partition coefficient (Wildman–Crippen LogP) is 0.829. The highest BCUT2D eigenvalue weighted by molar-refractivity contribution is 5.89. The Hall–Kier alpha value is -1.73. The Balaban J connectivity index is 1.81. The second-order valence-electron chi connectivity index (χ2n) is 5.98. The molecule has 7 heteroatoms. The van der Waals surface area contributed by atoms with Crippen molar-refractivity contribution in [1.82, 2.24) is 24.6 Å². The fourth-order valence-corrected chi connectivity index (χ4v) is 3.16. The molecule has 0 amide bonds. The first-order chi connectivity index (χ1) is 10.6. The van der Waals surface area contributed by atoms with Gasteiger partial charge in [-0.3, -0.25) is 9.58 Å². The van der Waals surface area contributed by atoms with Gasteiger partial charge in [-0.2, -0.15) is 5.10 Å². The minimum Gasteiger partial charge on any atom is -0.379 e. The van der Waals surface area contributed by atoms with Crippen LogP contribution in [-0.2, 0) is 11.8 Å². The molecule has 3 heterocycles. The zero-order valence-corrected chi connectivity index (χ0v) is 13.8. The fourth-order valence-electron chi connectivity index (χ4n) is 3.16. The van der Waals surface area contributed by atoms with Crippen LogP contribution in [-0.4, -0.2) is 70.6 Å². The molecule has 0 saturated carbocycles. The van der Waals surface area contributed by atoms with Crippen molar-refractivity contribution in [2.75, 3.05) is 44.8 Å². The molecule has 0 bridgehead atoms. The van der Waals surface area contributed by atoms with Crippen LogP contribution >= 0.6 is 0 Å². The first-order valence-corrected chi connectivity index (χ1v) is 7.75. The summed E-state index contributed by atoms with van der Waals surface area (Å²) < 4.78 is 7.24. The smallest absolute Gasteiger partial charge is 0.163 e. The molecule has 0 N–H and O–H groups in total. The van der Waals surface area contributed by atoms with Crippen molar-refractivity contribution in [3.63, 3.8) is 0 Å². The molecule has 2 aromatic rings. The van der Waals surface area contributed by atoms with E-state index in [4.69, 9.17) is 4.74 Å². The molecule has 0 aliphatic carbocycles. The standard InChI is InChI=1S/C15H24N6O/c1-11(21-5-7-22-8-6-21)9-19(3)14-13-12(2)18-20(4)15(13)17-10-16-14/h10-11H,5-9H2,1-4H3. The number of likely N-dealkylation sites (N-methyl/N-ethyl adjacent to an activating group) is 1. The molecule has 1 saturated heterocycles. The number of hydrogen-bond donors (Lipinski definition) is 0. The van der Waals surface area contributed by atoms with Gasteiger partial charge in [0.05, 0.1) is 24.3 Å². The highest BCUT2D eigenvalue weighted by Crippen LogP contribution is 2.25. The van der Waals surface area contributed by atoms with Crippen LogP contribution in [0, 0.1) is 6.92 Å². The number of aryl methyl sites for hydroxylation is 2. The van der Waals surface area contributed by atoms with Crippen LogP contribution < -0.4 is 4.90 Å². The third-order valence-electron chi connectivity index (χ3n) is 4.34. The summed E-state index contributed by atoms with van der Waals surface area (Å²) in [5.41, 5.74) is 1.85. The summed E-state index contributed by atoms with van der Waals surface area (Å²) in [6, 6.07) is 0.455. The van der Waals surface area contributed by atoms with E-state index in [1.807, 2.05) is 18.7 Å². The molecular formula is C15H24N6O. The number of fused-ring (bicyclic) bond motifs is 1. The van der Waals surface area contributed by atoms with Crippen LogP contribution in [0.4, 0.5) is 5.82 Å². The Bertz CT molecular complexity index is 649. The van der Waals surface area contributed by atoms with Gasteiger partial charge in [0.1, 0.15) is 12.1 Å². The average molecular weight is 304 g/mol. The van der Waals surface area contributed by atoms with Crippen molar-refractivity contribution in [2.24, 2.45) is 7.05 Å². The molecule has 22 heavy (non-hydrogen) atoms. The molecule has 120 valence electrons. The van der Waals surface area contributed by atoms with Gasteiger partial charge in [-0.25, -0.2) is 9.97 Å². The Morgan fingerprint density at radius 1 is 1.32 bits per heavy atom. The van der Waals surface area contributed by atoms with Gasteiger partial charge < -0.3 is 9.64 Å². The van der Waals surface area contributed by atoms with Crippen molar-refractivity contribution < 1.29 is 4.74 Å². The van der Waals surface area contributed by atoms with Crippen LogP contribution in [0.2, 0.25) is 0 Å². The van der Waals surface area contributed by atoms with Gasteiger partial charge in [0.25, 0.3) is 0 Å². The van der Waals surface area contributed by atoms with E-state index in [1.54, 1.807) is 6.33 Å². The number of nitrogens with zero attached hydrogens (tertiary/aromatic N) is 6. The molecule has 0 spiro atoms. The Labute approximate surface area is 130 Å². The summed E-state index contributed by atoms with van der Waals surface area (Å²) in [6.45, 7) is 8.84. The number of morpholine rings is 1. The van der Waals surface area contributed by atoms with Gasteiger partial charge in [0.15, 0.2) is 5.65 Å². The van der Waals surface area contributed by atoms with Crippen LogP contribution in [0.1, 0.15) is 12.6 Å². The molecule has 1 aliphatic heterocycles. The van der Waals surface area contributed by atoms with E-state index < -0.39 is 0 Å². The van der Waals surface area contributed by atoms with Crippen LogP contribution in [0.5, 0.6) is 0 Å². The molecule has 7 nitrogen and oxygen atoms in total. The molecule has 3 rings (SSSR count). The van der Waals surface area contributed by atoms with E-state index in [0.717, 1.165) is 55.4 Å². The number of rotatable bonds is 4. The zero-order chi connectivity index (χ0) is 15.7. The van der Waals surface area contributed by atoms with Gasteiger partial charge >= 0.3 is 0 Å². The van der Waals surface area contributed by atoms with Gasteiger partial charge in [-0.05, 0) is 13.8 Å². The lowest BCUT2D eigenvalue weighted by atomic mass is 10.2. The number of hydrogen-bond acceptors (Lipinski definition) is 6. The summed E-state index contributed by atoms with van der Waals surface area (Å²) in [7, 11) is 4.01.